The van der Waals surface area contributed by atoms with Gasteiger partial charge in [-0.1, -0.05) is 11.8 Å². The van der Waals surface area contributed by atoms with Crippen LogP contribution in [0.25, 0.3) is 11.5 Å². The first kappa shape index (κ1) is 19.9. The number of fused-ring (bicyclic) bond motifs is 1. The summed E-state index contributed by atoms with van der Waals surface area (Å²) in [6, 6.07) is 10.6. The van der Waals surface area contributed by atoms with Crippen LogP contribution in [0, 0.1) is 0 Å². The largest absolute Gasteiger partial charge is 0.497 e. The van der Waals surface area contributed by atoms with Crippen molar-refractivity contribution in [2.45, 2.75) is 11.6 Å². The van der Waals surface area contributed by atoms with Crippen LogP contribution in [0.1, 0.15) is 6.42 Å². The Hall–Kier alpha value is -3.40. The highest BCUT2D eigenvalue weighted by atomic mass is 32.2. The third kappa shape index (κ3) is 4.60. The fourth-order valence-electron chi connectivity index (χ4n) is 2.74. The van der Waals surface area contributed by atoms with Crippen LogP contribution < -0.4 is 24.3 Å². The zero-order valence-corrected chi connectivity index (χ0v) is 17.2. The first-order chi connectivity index (χ1) is 14.6. The van der Waals surface area contributed by atoms with E-state index in [-0.39, 0.29) is 19.1 Å². The van der Waals surface area contributed by atoms with Crippen molar-refractivity contribution in [3.63, 3.8) is 0 Å². The molecule has 2 heterocycles. The van der Waals surface area contributed by atoms with Gasteiger partial charge in [-0.2, -0.15) is 0 Å². The molecule has 1 aromatic heterocycles. The lowest BCUT2D eigenvalue weighted by Crippen LogP contribution is -2.12. The number of amides is 1. The number of carbonyl (C=O) groups excluding carboxylic acids is 1. The molecule has 1 amide bonds. The minimum atomic E-state index is -0.126. The number of aromatic nitrogens is 2. The molecule has 0 atom stereocenters. The Morgan fingerprint density at radius 2 is 1.83 bits per heavy atom. The van der Waals surface area contributed by atoms with E-state index in [0.29, 0.717) is 51.1 Å². The third-order valence-electron chi connectivity index (χ3n) is 4.22. The second-order valence-corrected chi connectivity index (χ2v) is 7.24. The SMILES string of the molecule is COc1cc(OC)cc(-c2nnc(SCCC(=O)Nc3ccc4c(c3)OCO4)o2)c1. The van der Waals surface area contributed by atoms with Crippen molar-refractivity contribution in [2.75, 3.05) is 32.1 Å². The molecule has 0 spiro atoms. The van der Waals surface area contributed by atoms with Crippen LogP contribution >= 0.6 is 11.8 Å². The van der Waals surface area contributed by atoms with Crippen LogP contribution in [0.3, 0.4) is 0 Å². The number of nitrogens with zero attached hydrogens (tertiary/aromatic N) is 2. The number of anilines is 1. The van der Waals surface area contributed by atoms with Crippen LogP contribution in [0.5, 0.6) is 23.0 Å². The number of hydrogen-bond donors (Lipinski definition) is 1. The average Bonchev–Trinajstić information content (AvgIpc) is 3.42. The zero-order chi connectivity index (χ0) is 20.9. The van der Waals surface area contributed by atoms with E-state index in [1.54, 1.807) is 50.6 Å². The predicted molar refractivity (Wildman–Crippen MR) is 109 cm³/mol. The maximum atomic E-state index is 12.2. The Labute approximate surface area is 176 Å². The first-order valence-corrected chi connectivity index (χ1v) is 10.0. The van der Waals surface area contributed by atoms with Gasteiger partial charge in [-0.25, -0.2) is 0 Å². The number of benzene rings is 2. The topological polar surface area (TPSA) is 105 Å². The molecule has 0 saturated carbocycles. The van der Waals surface area contributed by atoms with E-state index >= 15 is 0 Å². The molecule has 9 nitrogen and oxygen atoms in total. The molecule has 1 aliphatic heterocycles. The summed E-state index contributed by atoms with van der Waals surface area (Å²) in [5.74, 6) is 3.24. The highest BCUT2D eigenvalue weighted by molar-refractivity contribution is 7.99. The molecule has 0 fully saturated rings. The fourth-order valence-corrected chi connectivity index (χ4v) is 3.44. The summed E-state index contributed by atoms with van der Waals surface area (Å²) < 4.78 is 26.8. The van der Waals surface area contributed by atoms with Crippen LogP contribution in [-0.2, 0) is 4.79 Å². The molecule has 0 unspecified atom stereocenters. The van der Waals surface area contributed by atoms with E-state index < -0.39 is 0 Å². The molecule has 0 saturated heterocycles. The van der Waals surface area contributed by atoms with Gasteiger partial charge in [0, 0.05) is 35.6 Å². The lowest BCUT2D eigenvalue weighted by Gasteiger charge is -2.06. The Morgan fingerprint density at radius 1 is 1.07 bits per heavy atom. The van der Waals surface area contributed by atoms with Gasteiger partial charge in [0.05, 0.1) is 14.2 Å². The number of thioether (sulfide) groups is 1. The Bertz CT molecular complexity index is 1030. The summed E-state index contributed by atoms with van der Waals surface area (Å²) in [6.45, 7) is 0.193. The highest BCUT2D eigenvalue weighted by Gasteiger charge is 2.15. The van der Waals surface area contributed by atoms with Gasteiger partial charge in [0.1, 0.15) is 11.5 Å². The quantitative estimate of drug-likeness (QED) is 0.538. The molecule has 30 heavy (non-hydrogen) atoms. The summed E-state index contributed by atoms with van der Waals surface area (Å²) >= 11 is 1.31. The van der Waals surface area contributed by atoms with E-state index in [1.165, 1.54) is 11.8 Å². The Kier molecular flexibility index (Phi) is 5.94. The second kappa shape index (κ2) is 8.95. The average molecular weight is 429 g/mol. The molecule has 0 radical (unpaired) electrons. The van der Waals surface area contributed by atoms with Crippen LogP contribution in [0.2, 0.25) is 0 Å². The Morgan fingerprint density at radius 3 is 2.60 bits per heavy atom. The molecule has 3 aromatic rings. The van der Waals surface area contributed by atoms with Crippen molar-refractivity contribution in [3.8, 4) is 34.5 Å². The van der Waals surface area contributed by atoms with Gasteiger partial charge < -0.3 is 28.7 Å². The van der Waals surface area contributed by atoms with Crippen molar-refractivity contribution in [2.24, 2.45) is 0 Å². The van der Waals surface area contributed by atoms with Crippen molar-refractivity contribution in [1.82, 2.24) is 10.2 Å². The van der Waals surface area contributed by atoms with E-state index in [1.807, 2.05) is 0 Å². The number of hydrogen-bond acceptors (Lipinski definition) is 9. The number of rotatable bonds is 8. The standard InChI is InChI=1S/C20H19N3O6S/c1-25-14-7-12(8-15(10-14)26-2)19-22-23-20(29-19)30-6-5-18(24)21-13-3-4-16-17(9-13)28-11-27-16/h3-4,7-10H,5-6,11H2,1-2H3,(H,21,24). The van der Waals surface area contributed by atoms with Gasteiger partial charge in [0.2, 0.25) is 18.6 Å². The van der Waals surface area contributed by atoms with Crippen LogP contribution in [0.15, 0.2) is 46.0 Å². The Balaban J connectivity index is 1.31. The molecule has 10 heteroatoms. The molecule has 4 rings (SSSR count). The number of ether oxygens (including phenoxy) is 4. The predicted octanol–water partition coefficient (Wildman–Crippen LogP) is 3.60. The molecule has 1 N–H and O–H groups in total. The molecule has 2 aromatic carbocycles. The molecular weight excluding hydrogens is 410 g/mol. The number of methoxy groups -OCH3 is 2. The smallest absolute Gasteiger partial charge is 0.276 e. The summed E-state index contributed by atoms with van der Waals surface area (Å²) in [7, 11) is 3.14. The van der Waals surface area contributed by atoms with Gasteiger partial charge in [-0.05, 0) is 24.3 Å². The minimum Gasteiger partial charge on any atom is -0.497 e. The van der Waals surface area contributed by atoms with Crippen molar-refractivity contribution >= 4 is 23.4 Å². The van der Waals surface area contributed by atoms with Crippen molar-refractivity contribution < 1.29 is 28.2 Å². The van der Waals surface area contributed by atoms with E-state index in [4.69, 9.17) is 23.4 Å². The lowest BCUT2D eigenvalue weighted by molar-refractivity contribution is -0.115. The van der Waals surface area contributed by atoms with E-state index in [0.717, 1.165) is 0 Å². The molecule has 156 valence electrons. The normalized spacial score (nSPS) is 11.9. The van der Waals surface area contributed by atoms with Gasteiger partial charge in [0.15, 0.2) is 11.5 Å². The van der Waals surface area contributed by atoms with Crippen LogP contribution in [-0.4, -0.2) is 42.9 Å². The third-order valence-corrected chi connectivity index (χ3v) is 5.04. The maximum absolute atomic E-state index is 12.2. The maximum Gasteiger partial charge on any atom is 0.276 e. The number of carbonyl (C=O) groups is 1. The summed E-state index contributed by atoms with van der Waals surface area (Å²) in [5, 5.41) is 11.3. The zero-order valence-electron chi connectivity index (χ0n) is 16.3. The van der Waals surface area contributed by atoms with E-state index in [2.05, 4.69) is 15.5 Å². The summed E-state index contributed by atoms with van der Waals surface area (Å²) in [5.41, 5.74) is 1.34. The molecule has 0 aliphatic carbocycles. The van der Waals surface area contributed by atoms with Crippen molar-refractivity contribution in [3.05, 3.63) is 36.4 Å². The van der Waals surface area contributed by atoms with E-state index in [9.17, 15) is 4.79 Å². The van der Waals surface area contributed by atoms with Gasteiger partial charge >= 0.3 is 0 Å². The lowest BCUT2D eigenvalue weighted by atomic mass is 10.2. The van der Waals surface area contributed by atoms with Crippen LogP contribution in [0.4, 0.5) is 5.69 Å². The molecule has 0 bridgehead atoms. The van der Waals surface area contributed by atoms with Crippen molar-refractivity contribution in [1.29, 1.82) is 0 Å². The van der Waals surface area contributed by atoms with Gasteiger partial charge in [-0.15, -0.1) is 10.2 Å². The van der Waals surface area contributed by atoms with Gasteiger partial charge in [0.25, 0.3) is 5.22 Å². The highest BCUT2D eigenvalue weighted by Crippen LogP contribution is 2.34. The molecular formula is C20H19N3O6S. The monoisotopic (exact) mass is 429 g/mol. The first-order valence-electron chi connectivity index (χ1n) is 9.04. The number of nitrogens with one attached hydrogen (secondary N) is 1. The van der Waals surface area contributed by atoms with Gasteiger partial charge in [-0.3, -0.25) is 4.79 Å². The molecule has 1 aliphatic rings. The fraction of sp³-hybridized carbons (Fsp3) is 0.250. The second-order valence-electron chi connectivity index (χ2n) is 6.19. The summed E-state index contributed by atoms with van der Waals surface area (Å²) in [4.78, 5) is 12.2. The minimum absolute atomic E-state index is 0.126. The summed E-state index contributed by atoms with van der Waals surface area (Å²) in [6.07, 6.45) is 0.282.